The van der Waals surface area contributed by atoms with Gasteiger partial charge in [0.2, 0.25) is 0 Å². The van der Waals surface area contributed by atoms with Crippen LogP contribution in [0.25, 0.3) is 11.2 Å². The molecule has 242 valence electrons. The summed E-state index contributed by atoms with van der Waals surface area (Å²) in [6, 6.07) is 19.8. The van der Waals surface area contributed by atoms with Crippen molar-refractivity contribution in [3.63, 3.8) is 0 Å². The van der Waals surface area contributed by atoms with E-state index < -0.39 is 32.4 Å². The third-order valence-electron chi connectivity index (χ3n) is 9.12. The lowest BCUT2D eigenvalue weighted by molar-refractivity contribution is -0.172. The monoisotopic (exact) mass is 634 g/mol. The number of imidazole rings is 1. The molecule has 2 aromatic carbocycles. The van der Waals surface area contributed by atoms with Gasteiger partial charge in [-0.25, -0.2) is 9.97 Å². The molecule has 0 bridgehead atoms. The van der Waals surface area contributed by atoms with E-state index in [0.717, 1.165) is 11.1 Å². The lowest BCUT2D eigenvalue weighted by atomic mass is 9.96. The molecule has 3 heterocycles. The molecule has 1 saturated heterocycles. The molecule has 4 atom stereocenters. The average Bonchev–Trinajstić information content (AvgIpc) is 3.56. The lowest BCUT2D eigenvalue weighted by Crippen LogP contribution is -2.57. The van der Waals surface area contributed by atoms with Crippen molar-refractivity contribution in [3.05, 3.63) is 94.8 Å². The van der Waals surface area contributed by atoms with E-state index in [2.05, 4.69) is 56.5 Å². The molecular weight excluding hydrogens is 588 g/mol. The predicted molar refractivity (Wildman–Crippen MR) is 175 cm³/mol. The second-order valence-corrected chi connectivity index (χ2v) is 18.4. The minimum Gasteiger partial charge on any atom is -0.413 e. The quantitative estimate of drug-likeness (QED) is 0.169. The second kappa shape index (κ2) is 14.1. The van der Waals surface area contributed by atoms with Gasteiger partial charge in [-0.15, -0.1) is 0 Å². The number of hydrogen-bond acceptors (Lipinski definition) is 8. The van der Waals surface area contributed by atoms with E-state index >= 15 is 0 Å². The van der Waals surface area contributed by atoms with Crippen LogP contribution in [-0.2, 0) is 31.9 Å². The number of nitrogens with one attached hydrogen (secondary N) is 1. The molecule has 0 radical (unpaired) electrons. The van der Waals surface area contributed by atoms with E-state index in [1.807, 2.05) is 60.7 Å². The highest BCUT2D eigenvalue weighted by Gasteiger charge is 2.59. The number of H-pyrrole nitrogens is 1. The highest BCUT2D eigenvalue weighted by molar-refractivity contribution is 6.77. The highest BCUT2D eigenvalue weighted by Crippen LogP contribution is 2.46. The number of aromatic nitrogens is 4. The van der Waals surface area contributed by atoms with Crippen molar-refractivity contribution >= 4 is 19.5 Å². The molecule has 5 rings (SSSR count). The molecule has 2 aromatic heterocycles. The van der Waals surface area contributed by atoms with Gasteiger partial charge >= 0.3 is 0 Å². The van der Waals surface area contributed by atoms with Gasteiger partial charge < -0.3 is 28.7 Å². The van der Waals surface area contributed by atoms with Crippen LogP contribution >= 0.6 is 0 Å². The van der Waals surface area contributed by atoms with E-state index in [9.17, 15) is 9.90 Å². The number of aliphatic hydroxyl groups excluding tert-OH is 1. The number of aromatic amines is 1. The molecular formula is C34H46N4O6Si. The number of hydrogen-bond donors (Lipinski definition) is 2. The molecule has 1 fully saturated rings. The first kappa shape index (κ1) is 33.2. The molecule has 10 nitrogen and oxygen atoms in total. The third kappa shape index (κ3) is 6.70. The summed E-state index contributed by atoms with van der Waals surface area (Å²) in [5.41, 5.74) is 1.89. The standard InChI is InChI=1S/C34H46N4O6Si/c1-23(2)45(24(3)4,25(5)6)43-20-34(19-41-17-26-13-9-7-10-14-26)30(42-18-27-15-11-8-12-16-27)29(39)33(44-34)38-22-37-28-31(38)35-21-36-32(28)40/h7-16,21-25,29-30,33,39H,17-20H2,1-6H3,(H,35,36,40)/t29-,30+,33-,34+/m1/s1. The minimum atomic E-state index is -2.37. The fourth-order valence-corrected chi connectivity index (χ4v) is 12.6. The topological polar surface area (TPSA) is 121 Å². The SMILES string of the molecule is CC(C)[Si](OC[C@]1(COCc2ccccc2)O[C@@H](n2cnc3c(=O)[nH]cnc32)[C@H](O)[C@@H]1OCc1ccccc1)(C(C)C)C(C)C. The predicted octanol–water partition coefficient (Wildman–Crippen LogP) is 5.74. The molecule has 0 spiro atoms. The Morgan fingerprint density at radius 1 is 0.911 bits per heavy atom. The summed E-state index contributed by atoms with van der Waals surface area (Å²) >= 11 is 0. The first-order valence-electron chi connectivity index (χ1n) is 15.8. The molecule has 2 N–H and O–H groups in total. The fourth-order valence-electron chi connectivity index (χ4n) is 7.06. The van der Waals surface area contributed by atoms with Crippen LogP contribution in [0.2, 0.25) is 16.6 Å². The smallest absolute Gasteiger partial charge is 0.278 e. The second-order valence-electron chi connectivity index (χ2n) is 12.9. The van der Waals surface area contributed by atoms with Crippen LogP contribution in [0.3, 0.4) is 0 Å². The maximum atomic E-state index is 12.5. The van der Waals surface area contributed by atoms with Crippen molar-refractivity contribution in [2.45, 2.75) is 95.4 Å². The van der Waals surface area contributed by atoms with Crippen molar-refractivity contribution in [1.29, 1.82) is 0 Å². The molecule has 0 saturated carbocycles. The first-order valence-corrected chi connectivity index (χ1v) is 17.9. The molecule has 0 amide bonds. The van der Waals surface area contributed by atoms with Crippen molar-refractivity contribution < 1.29 is 23.7 Å². The Morgan fingerprint density at radius 3 is 2.11 bits per heavy atom. The maximum Gasteiger partial charge on any atom is 0.278 e. The number of ether oxygens (including phenoxy) is 3. The minimum absolute atomic E-state index is 0.105. The van der Waals surface area contributed by atoms with Gasteiger partial charge in [0.15, 0.2) is 25.7 Å². The Balaban J connectivity index is 1.56. The zero-order valence-corrected chi connectivity index (χ0v) is 28.1. The Hall–Kier alpha value is -3.19. The van der Waals surface area contributed by atoms with E-state index in [0.29, 0.717) is 28.9 Å². The van der Waals surface area contributed by atoms with Crippen molar-refractivity contribution in [2.24, 2.45) is 0 Å². The highest BCUT2D eigenvalue weighted by atomic mass is 28.4. The van der Waals surface area contributed by atoms with E-state index in [1.165, 1.54) is 12.7 Å². The van der Waals surface area contributed by atoms with Crippen molar-refractivity contribution in [3.8, 4) is 0 Å². The summed E-state index contributed by atoms with van der Waals surface area (Å²) in [6.45, 7) is 14.3. The Labute approximate surface area is 265 Å². The van der Waals surface area contributed by atoms with Crippen molar-refractivity contribution in [1.82, 2.24) is 19.5 Å². The van der Waals surface area contributed by atoms with Gasteiger partial charge in [-0.2, -0.15) is 0 Å². The zero-order chi connectivity index (χ0) is 32.2. The summed E-state index contributed by atoms with van der Waals surface area (Å²) in [4.78, 5) is 23.7. The van der Waals surface area contributed by atoms with Gasteiger partial charge in [0.05, 0.1) is 39.1 Å². The summed E-state index contributed by atoms with van der Waals surface area (Å²) in [5.74, 6) is 0. The average molecular weight is 635 g/mol. The van der Waals surface area contributed by atoms with Crippen LogP contribution in [-0.4, -0.2) is 64.0 Å². The Bertz CT molecular complexity index is 1560. The summed E-state index contributed by atoms with van der Waals surface area (Å²) < 4.78 is 28.6. The molecule has 1 aliphatic heterocycles. The molecule has 4 aromatic rings. The van der Waals surface area contributed by atoms with Crippen LogP contribution < -0.4 is 5.56 Å². The molecule has 45 heavy (non-hydrogen) atoms. The summed E-state index contributed by atoms with van der Waals surface area (Å²) in [5, 5.41) is 12.0. The molecule has 0 unspecified atom stereocenters. The third-order valence-corrected chi connectivity index (χ3v) is 15.2. The number of benzene rings is 2. The van der Waals surface area contributed by atoms with Crippen LogP contribution in [0.5, 0.6) is 0 Å². The van der Waals surface area contributed by atoms with Crippen LogP contribution in [0.1, 0.15) is 58.9 Å². The number of fused-ring (bicyclic) bond motifs is 1. The Kier molecular flexibility index (Phi) is 10.4. The first-order chi connectivity index (χ1) is 21.6. The van der Waals surface area contributed by atoms with Gasteiger partial charge in [0.1, 0.15) is 17.8 Å². The summed E-state index contributed by atoms with van der Waals surface area (Å²) in [7, 11) is -2.37. The normalized spacial score (nSPS) is 22.3. The van der Waals surface area contributed by atoms with Crippen molar-refractivity contribution in [2.75, 3.05) is 13.2 Å². The van der Waals surface area contributed by atoms with Crippen LogP contribution in [0, 0.1) is 0 Å². The summed E-state index contributed by atoms with van der Waals surface area (Å²) in [6.07, 6.45) is -0.143. The van der Waals surface area contributed by atoms with Gasteiger partial charge in [-0.05, 0) is 27.8 Å². The largest absolute Gasteiger partial charge is 0.413 e. The molecule has 1 aliphatic rings. The molecule has 11 heteroatoms. The van der Waals surface area contributed by atoms with E-state index in [4.69, 9.17) is 18.6 Å². The zero-order valence-electron chi connectivity index (χ0n) is 27.1. The van der Waals surface area contributed by atoms with Gasteiger partial charge in [-0.1, -0.05) is 102 Å². The van der Waals surface area contributed by atoms with Crippen LogP contribution in [0.4, 0.5) is 0 Å². The van der Waals surface area contributed by atoms with E-state index in [-0.39, 0.29) is 30.9 Å². The Morgan fingerprint density at radius 2 is 1.51 bits per heavy atom. The van der Waals surface area contributed by atoms with Gasteiger partial charge in [0, 0.05) is 0 Å². The maximum absolute atomic E-state index is 12.5. The number of aliphatic hydroxyl groups is 1. The van der Waals surface area contributed by atoms with Gasteiger partial charge in [0.25, 0.3) is 5.56 Å². The number of nitrogens with zero attached hydrogens (tertiary/aromatic N) is 3. The molecule has 0 aliphatic carbocycles. The van der Waals surface area contributed by atoms with Gasteiger partial charge in [-0.3, -0.25) is 9.36 Å². The number of rotatable bonds is 14. The van der Waals surface area contributed by atoms with E-state index in [1.54, 1.807) is 4.57 Å². The lowest BCUT2D eigenvalue weighted by Gasteiger charge is -2.45. The van der Waals surface area contributed by atoms with Crippen LogP contribution in [0.15, 0.2) is 78.1 Å². The fraction of sp³-hybridized carbons (Fsp3) is 0.500.